The highest BCUT2D eigenvalue weighted by Gasteiger charge is 2.11. The molecule has 0 bridgehead atoms. The molecule has 8 nitrogen and oxygen atoms in total. The number of nitrogens with one attached hydrogen (secondary N) is 2. The molecule has 2 amide bonds. The first-order valence-corrected chi connectivity index (χ1v) is 6.55. The fraction of sp³-hybridized carbons (Fsp3) is 0.357. The summed E-state index contributed by atoms with van der Waals surface area (Å²) in [7, 11) is 1.53. The molecule has 0 unspecified atom stereocenters. The van der Waals surface area contributed by atoms with Gasteiger partial charge in [0.1, 0.15) is 11.5 Å². The molecule has 0 fully saturated rings. The minimum Gasteiger partial charge on any atom is -0.508 e. The normalized spacial score (nSPS) is 11.1. The molecule has 1 aromatic carbocycles. The molecule has 0 aliphatic heterocycles. The summed E-state index contributed by atoms with van der Waals surface area (Å²) in [5, 5.41) is 25.1. The van der Waals surface area contributed by atoms with Crippen molar-refractivity contribution >= 4 is 17.5 Å². The number of phenols is 2. The number of aromatic hydroxyl groups is 2. The number of carbonyl (C=O) groups is 2. The molecule has 0 spiro atoms. The maximum Gasteiger partial charge on any atom is 0.275 e. The number of hydrogen-bond acceptors (Lipinski definition) is 6. The van der Waals surface area contributed by atoms with Crippen LogP contribution in [0.25, 0.3) is 0 Å². The zero-order valence-electron chi connectivity index (χ0n) is 12.4. The lowest BCUT2D eigenvalue weighted by Crippen LogP contribution is -2.29. The topological polar surface area (TPSA) is 120 Å². The van der Waals surface area contributed by atoms with Crippen LogP contribution in [-0.4, -0.2) is 48.0 Å². The molecule has 0 saturated heterocycles. The van der Waals surface area contributed by atoms with E-state index in [1.54, 1.807) is 6.92 Å². The molecule has 8 heteroatoms. The van der Waals surface area contributed by atoms with Crippen molar-refractivity contribution < 1.29 is 24.5 Å². The van der Waals surface area contributed by atoms with Gasteiger partial charge in [-0.1, -0.05) is 0 Å². The van der Waals surface area contributed by atoms with Gasteiger partial charge in [-0.2, -0.15) is 5.10 Å². The van der Waals surface area contributed by atoms with Gasteiger partial charge in [-0.15, -0.1) is 0 Å². The van der Waals surface area contributed by atoms with Crippen LogP contribution in [0.15, 0.2) is 23.3 Å². The molecule has 22 heavy (non-hydrogen) atoms. The quantitative estimate of drug-likeness (QED) is 0.329. The average Bonchev–Trinajstić information content (AvgIpc) is 2.45. The van der Waals surface area contributed by atoms with Crippen LogP contribution in [0, 0.1) is 0 Å². The summed E-state index contributed by atoms with van der Waals surface area (Å²) in [6.45, 7) is 2.40. The Bertz CT molecular complexity index is 572. The highest BCUT2D eigenvalue weighted by molar-refractivity contribution is 6.01. The standard InChI is InChI=1S/C14H19N3O5/c1-9(7-13(20)15-5-6-22-2)16-17-14(21)11-4-3-10(18)8-12(11)19/h3-4,8,18-19H,5-7H2,1-2H3,(H,15,20)(H,17,21). The lowest BCUT2D eigenvalue weighted by Gasteiger charge is -2.06. The Hall–Kier alpha value is -2.61. The largest absolute Gasteiger partial charge is 0.508 e. The highest BCUT2D eigenvalue weighted by atomic mass is 16.5. The molecule has 4 N–H and O–H groups in total. The summed E-state index contributed by atoms with van der Waals surface area (Å²) in [5.41, 5.74) is 2.61. The molecule has 0 heterocycles. The minimum atomic E-state index is -0.642. The van der Waals surface area contributed by atoms with Gasteiger partial charge < -0.3 is 20.3 Å². The van der Waals surface area contributed by atoms with Crippen LogP contribution in [0.5, 0.6) is 11.5 Å². The summed E-state index contributed by atoms with van der Waals surface area (Å²) >= 11 is 0. The van der Waals surface area contributed by atoms with Crippen molar-refractivity contribution in [2.75, 3.05) is 20.3 Å². The van der Waals surface area contributed by atoms with Crippen molar-refractivity contribution in [1.82, 2.24) is 10.7 Å². The lowest BCUT2D eigenvalue weighted by molar-refractivity contribution is -0.120. The van der Waals surface area contributed by atoms with Gasteiger partial charge in [0.05, 0.1) is 18.6 Å². The minimum absolute atomic E-state index is 0.0288. The highest BCUT2D eigenvalue weighted by Crippen LogP contribution is 2.22. The number of amides is 2. The van der Waals surface area contributed by atoms with Crippen molar-refractivity contribution in [2.24, 2.45) is 5.10 Å². The Kier molecular flexibility index (Phi) is 6.84. The monoisotopic (exact) mass is 309 g/mol. The first kappa shape index (κ1) is 17.4. The molecule has 1 aromatic rings. The van der Waals surface area contributed by atoms with Crippen LogP contribution < -0.4 is 10.7 Å². The number of hydrazone groups is 1. The van der Waals surface area contributed by atoms with Crippen LogP contribution in [0.1, 0.15) is 23.7 Å². The van der Waals surface area contributed by atoms with Gasteiger partial charge in [0.15, 0.2) is 0 Å². The number of nitrogens with zero attached hydrogens (tertiary/aromatic N) is 1. The number of ether oxygens (including phenoxy) is 1. The second-order valence-electron chi connectivity index (χ2n) is 4.51. The van der Waals surface area contributed by atoms with Crippen LogP contribution >= 0.6 is 0 Å². The Balaban J connectivity index is 2.52. The van der Waals surface area contributed by atoms with Gasteiger partial charge in [-0.25, -0.2) is 5.43 Å². The Morgan fingerprint density at radius 3 is 2.68 bits per heavy atom. The number of carbonyl (C=O) groups excluding carboxylic acids is 2. The predicted octanol–water partition coefficient (Wildman–Crippen LogP) is 0.356. The van der Waals surface area contributed by atoms with Gasteiger partial charge in [0.2, 0.25) is 5.91 Å². The Labute approximate surface area is 127 Å². The van der Waals surface area contributed by atoms with E-state index in [1.807, 2.05) is 0 Å². The number of benzene rings is 1. The van der Waals surface area contributed by atoms with Gasteiger partial charge in [0.25, 0.3) is 5.91 Å². The molecule has 0 aliphatic carbocycles. The SMILES string of the molecule is COCCNC(=O)CC(C)=NNC(=O)c1ccc(O)cc1O. The molecule has 0 aliphatic rings. The summed E-state index contributed by atoms with van der Waals surface area (Å²) in [5.74, 6) is -1.39. The van der Waals surface area contributed by atoms with Crippen molar-refractivity contribution in [2.45, 2.75) is 13.3 Å². The number of phenolic OH excluding ortho intramolecular Hbond substituents is 2. The second kappa shape index (κ2) is 8.63. The summed E-state index contributed by atoms with van der Waals surface area (Å²) in [6, 6.07) is 3.59. The zero-order chi connectivity index (χ0) is 16.5. The Morgan fingerprint density at radius 2 is 2.05 bits per heavy atom. The molecular weight excluding hydrogens is 290 g/mol. The summed E-state index contributed by atoms with van der Waals surface area (Å²) < 4.78 is 4.80. The third kappa shape index (κ3) is 5.80. The first-order valence-electron chi connectivity index (χ1n) is 6.55. The van der Waals surface area contributed by atoms with E-state index >= 15 is 0 Å². The van der Waals surface area contributed by atoms with E-state index in [0.29, 0.717) is 18.9 Å². The number of methoxy groups -OCH3 is 1. The van der Waals surface area contributed by atoms with E-state index in [-0.39, 0.29) is 29.4 Å². The molecule has 0 saturated carbocycles. The van der Waals surface area contributed by atoms with Crippen LogP contribution in [0.3, 0.4) is 0 Å². The maximum atomic E-state index is 11.8. The van der Waals surface area contributed by atoms with Crippen molar-refractivity contribution in [3.05, 3.63) is 23.8 Å². The third-order valence-electron chi connectivity index (χ3n) is 2.62. The molecular formula is C14H19N3O5. The zero-order valence-corrected chi connectivity index (χ0v) is 12.4. The van der Waals surface area contributed by atoms with Gasteiger partial charge >= 0.3 is 0 Å². The molecule has 0 radical (unpaired) electrons. The van der Waals surface area contributed by atoms with Crippen LogP contribution in [-0.2, 0) is 9.53 Å². The van der Waals surface area contributed by atoms with E-state index in [9.17, 15) is 14.7 Å². The van der Waals surface area contributed by atoms with Crippen molar-refractivity contribution in [1.29, 1.82) is 0 Å². The van der Waals surface area contributed by atoms with Gasteiger partial charge in [-0.3, -0.25) is 9.59 Å². The Morgan fingerprint density at radius 1 is 1.32 bits per heavy atom. The van der Waals surface area contributed by atoms with E-state index in [2.05, 4.69) is 15.8 Å². The fourth-order valence-electron chi connectivity index (χ4n) is 1.55. The number of rotatable bonds is 7. The van der Waals surface area contributed by atoms with E-state index < -0.39 is 5.91 Å². The summed E-state index contributed by atoms with van der Waals surface area (Å²) in [4.78, 5) is 23.3. The van der Waals surface area contributed by atoms with Gasteiger partial charge in [-0.05, 0) is 19.1 Å². The second-order valence-corrected chi connectivity index (χ2v) is 4.51. The van der Waals surface area contributed by atoms with Gasteiger partial charge in [0, 0.05) is 25.4 Å². The third-order valence-corrected chi connectivity index (χ3v) is 2.62. The van der Waals surface area contributed by atoms with Crippen molar-refractivity contribution in [3.8, 4) is 11.5 Å². The molecule has 0 aromatic heterocycles. The molecule has 120 valence electrons. The summed E-state index contributed by atoms with van der Waals surface area (Å²) in [6.07, 6.45) is 0.0333. The predicted molar refractivity (Wildman–Crippen MR) is 79.8 cm³/mol. The molecule has 0 atom stereocenters. The average molecular weight is 309 g/mol. The van der Waals surface area contributed by atoms with Crippen LogP contribution in [0.2, 0.25) is 0 Å². The smallest absolute Gasteiger partial charge is 0.275 e. The first-order chi connectivity index (χ1) is 10.4. The van der Waals surface area contributed by atoms with Crippen LogP contribution in [0.4, 0.5) is 0 Å². The van der Waals surface area contributed by atoms with E-state index in [4.69, 9.17) is 9.84 Å². The molecule has 1 rings (SSSR count). The van der Waals surface area contributed by atoms with Crippen molar-refractivity contribution in [3.63, 3.8) is 0 Å². The number of hydrogen-bond donors (Lipinski definition) is 4. The van der Waals surface area contributed by atoms with E-state index in [1.165, 1.54) is 19.2 Å². The lowest BCUT2D eigenvalue weighted by atomic mass is 10.2. The fourth-order valence-corrected chi connectivity index (χ4v) is 1.55. The maximum absolute atomic E-state index is 11.8. The van der Waals surface area contributed by atoms with E-state index in [0.717, 1.165) is 6.07 Å².